The second-order valence-electron chi connectivity index (χ2n) is 8.30. The average Bonchev–Trinajstić information content (AvgIpc) is 2.79. The molecule has 0 bridgehead atoms. The summed E-state index contributed by atoms with van der Waals surface area (Å²) in [5.41, 5.74) is 0.418. The van der Waals surface area contributed by atoms with Crippen LogP contribution < -0.4 is 0 Å². The molecule has 22 heavy (non-hydrogen) atoms. The lowest BCUT2D eigenvalue weighted by molar-refractivity contribution is -0.116. The summed E-state index contributed by atoms with van der Waals surface area (Å²) in [4.78, 5) is 11.7. The van der Waals surface area contributed by atoms with E-state index in [2.05, 4.69) is 12.8 Å². The molecule has 5 unspecified atom stereocenters. The zero-order valence-electron chi connectivity index (χ0n) is 13.5. The number of allylic oxidation sites excluding steroid dienone is 1. The Morgan fingerprint density at radius 2 is 2.00 bits per heavy atom. The Labute approximate surface area is 133 Å². The van der Waals surface area contributed by atoms with E-state index in [9.17, 15) is 9.90 Å². The third kappa shape index (κ3) is 1.75. The van der Waals surface area contributed by atoms with Gasteiger partial charge < -0.3 is 5.11 Å². The van der Waals surface area contributed by atoms with Crippen LogP contribution in [-0.4, -0.2) is 16.5 Å². The molecule has 3 fully saturated rings. The smallest absolute Gasteiger partial charge is 0.155 e. The predicted octanol–water partition coefficient (Wildman–Crippen LogP) is 3.49. The van der Waals surface area contributed by atoms with Gasteiger partial charge in [0, 0.05) is 11.8 Å². The number of hydrogen-bond donors (Lipinski definition) is 1. The van der Waals surface area contributed by atoms with Gasteiger partial charge in [0.2, 0.25) is 0 Å². The number of rotatable bonds is 0. The molecular formula is C20H26O2. The maximum Gasteiger partial charge on any atom is 0.155 e. The monoisotopic (exact) mass is 298 g/mol. The highest BCUT2D eigenvalue weighted by molar-refractivity contribution is 5.91. The number of aliphatic hydroxyl groups is 1. The lowest BCUT2D eigenvalue weighted by Crippen LogP contribution is -2.52. The molecule has 0 saturated heterocycles. The van der Waals surface area contributed by atoms with Crippen molar-refractivity contribution in [2.45, 2.75) is 63.9 Å². The molecule has 0 radical (unpaired) electrons. The van der Waals surface area contributed by atoms with E-state index in [1.807, 2.05) is 6.08 Å². The molecule has 6 atom stereocenters. The van der Waals surface area contributed by atoms with Gasteiger partial charge in [-0.15, -0.1) is 6.42 Å². The third-order valence-electron chi connectivity index (χ3n) is 7.69. The first-order chi connectivity index (χ1) is 10.5. The van der Waals surface area contributed by atoms with E-state index in [0.29, 0.717) is 29.5 Å². The molecule has 4 aliphatic rings. The van der Waals surface area contributed by atoms with Crippen molar-refractivity contribution >= 4 is 5.78 Å². The van der Waals surface area contributed by atoms with Gasteiger partial charge in [0.1, 0.15) is 5.60 Å². The Hall–Kier alpha value is -1.07. The second kappa shape index (κ2) is 4.71. The molecule has 0 aromatic heterocycles. The van der Waals surface area contributed by atoms with Gasteiger partial charge in [-0.1, -0.05) is 18.4 Å². The maximum atomic E-state index is 11.7. The summed E-state index contributed by atoms with van der Waals surface area (Å²) < 4.78 is 0. The van der Waals surface area contributed by atoms with Crippen molar-refractivity contribution in [1.82, 2.24) is 0 Å². The number of fused-ring (bicyclic) bond motifs is 5. The molecule has 118 valence electrons. The standard InChI is InChI=1S/C20H26O2/c1-3-20(22)11-9-18-17-6-4-13-12-14(21)5-7-15(13)16(17)8-10-19(18,20)2/h1,12,15-18,22H,4-11H2,2H3/t15?,16?,17?,18?,19?,20-/m1/s1. The van der Waals surface area contributed by atoms with E-state index in [1.165, 1.54) is 12.0 Å². The van der Waals surface area contributed by atoms with Gasteiger partial charge in [-0.05, 0) is 74.7 Å². The van der Waals surface area contributed by atoms with Crippen molar-refractivity contribution in [3.05, 3.63) is 11.6 Å². The highest BCUT2D eigenvalue weighted by atomic mass is 16.3. The molecule has 3 saturated carbocycles. The van der Waals surface area contributed by atoms with Crippen LogP contribution in [0.2, 0.25) is 0 Å². The summed E-state index contributed by atoms with van der Waals surface area (Å²) in [5, 5.41) is 10.9. The van der Waals surface area contributed by atoms with Gasteiger partial charge in [0.15, 0.2) is 5.78 Å². The Kier molecular flexibility index (Phi) is 3.11. The second-order valence-corrected chi connectivity index (χ2v) is 8.30. The summed E-state index contributed by atoms with van der Waals surface area (Å²) >= 11 is 0. The molecule has 0 aromatic carbocycles. The molecule has 0 aliphatic heterocycles. The van der Waals surface area contributed by atoms with Crippen molar-refractivity contribution in [3.63, 3.8) is 0 Å². The first kappa shape index (κ1) is 14.5. The molecule has 0 heterocycles. The zero-order valence-corrected chi connectivity index (χ0v) is 13.5. The fourth-order valence-corrected chi connectivity index (χ4v) is 6.43. The number of carbonyl (C=O) groups excluding carboxylic acids is 1. The third-order valence-corrected chi connectivity index (χ3v) is 7.69. The maximum absolute atomic E-state index is 11.7. The van der Waals surface area contributed by atoms with Gasteiger partial charge in [-0.2, -0.15) is 0 Å². The Bertz CT molecular complexity index is 583. The van der Waals surface area contributed by atoms with Crippen molar-refractivity contribution in [2.75, 3.05) is 0 Å². The first-order valence-corrected chi connectivity index (χ1v) is 8.92. The molecule has 0 amide bonds. The topological polar surface area (TPSA) is 37.3 Å². The molecular weight excluding hydrogens is 272 g/mol. The normalized spacial score (nSPS) is 50.4. The zero-order chi connectivity index (χ0) is 15.5. The van der Waals surface area contributed by atoms with Crippen molar-refractivity contribution in [1.29, 1.82) is 0 Å². The number of terminal acetylenes is 1. The van der Waals surface area contributed by atoms with Gasteiger partial charge in [0.25, 0.3) is 0 Å². The van der Waals surface area contributed by atoms with Crippen molar-refractivity contribution in [2.24, 2.45) is 29.1 Å². The highest BCUT2D eigenvalue weighted by Crippen LogP contribution is 2.64. The number of carbonyl (C=O) groups is 1. The summed E-state index contributed by atoms with van der Waals surface area (Å²) in [6.07, 6.45) is 15.7. The Morgan fingerprint density at radius 3 is 2.77 bits per heavy atom. The SMILES string of the molecule is C#C[C@@]1(O)CCC2C3CCC4=CC(=O)CCC4C3CCC21C. The molecule has 4 aliphatic carbocycles. The quantitative estimate of drug-likeness (QED) is 0.695. The van der Waals surface area contributed by atoms with Crippen LogP contribution in [0.4, 0.5) is 0 Å². The lowest BCUT2D eigenvalue weighted by Gasteiger charge is -2.54. The summed E-state index contributed by atoms with van der Waals surface area (Å²) in [7, 11) is 0. The Morgan fingerprint density at radius 1 is 1.18 bits per heavy atom. The van der Waals surface area contributed by atoms with E-state index in [4.69, 9.17) is 6.42 Å². The Balaban J connectivity index is 1.65. The summed E-state index contributed by atoms with van der Waals surface area (Å²) in [6, 6.07) is 0. The van der Waals surface area contributed by atoms with E-state index >= 15 is 0 Å². The fraction of sp³-hybridized carbons (Fsp3) is 0.750. The predicted molar refractivity (Wildman–Crippen MR) is 85.9 cm³/mol. The van der Waals surface area contributed by atoms with Crippen LogP contribution in [0.25, 0.3) is 0 Å². The molecule has 2 nitrogen and oxygen atoms in total. The molecule has 0 spiro atoms. The van der Waals surface area contributed by atoms with Gasteiger partial charge in [-0.25, -0.2) is 0 Å². The average molecular weight is 298 g/mol. The number of ketones is 1. The first-order valence-electron chi connectivity index (χ1n) is 8.92. The highest BCUT2D eigenvalue weighted by Gasteiger charge is 2.61. The van der Waals surface area contributed by atoms with Crippen LogP contribution in [0.15, 0.2) is 11.6 Å². The van der Waals surface area contributed by atoms with Crippen molar-refractivity contribution < 1.29 is 9.90 Å². The number of hydrogen-bond acceptors (Lipinski definition) is 2. The van der Waals surface area contributed by atoms with E-state index in [1.54, 1.807) is 0 Å². The summed E-state index contributed by atoms with van der Waals surface area (Å²) in [6.45, 7) is 2.23. The minimum Gasteiger partial charge on any atom is -0.377 e. The van der Waals surface area contributed by atoms with Gasteiger partial charge >= 0.3 is 0 Å². The van der Waals surface area contributed by atoms with Crippen LogP contribution in [-0.2, 0) is 4.79 Å². The van der Waals surface area contributed by atoms with E-state index in [0.717, 1.165) is 44.9 Å². The van der Waals surface area contributed by atoms with Crippen LogP contribution in [0, 0.1) is 41.4 Å². The van der Waals surface area contributed by atoms with E-state index < -0.39 is 5.60 Å². The largest absolute Gasteiger partial charge is 0.377 e. The fourth-order valence-electron chi connectivity index (χ4n) is 6.43. The molecule has 0 aromatic rings. The van der Waals surface area contributed by atoms with Crippen LogP contribution in [0.1, 0.15) is 58.3 Å². The van der Waals surface area contributed by atoms with E-state index in [-0.39, 0.29) is 5.41 Å². The summed E-state index contributed by atoms with van der Waals surface area (Å²) in [5.74, 6) is 5.66. The van der Waals surface area contributed by atoms with Crippen molar-refractivity contribution in [3.8, 4) is 12.3 Å². The van der Waals surface area contributed by atoms with Gasteiger partial charge in [0.05, 0.1) is 0 Å². The van der Waals surface area contributed by atoms with Crippen LogP contribution in [0.3, 0.4) is 0 Å². The van der Waals surface area contributed by atoms with Gasteiger partial charge in [-0.3, -0.25) is 4.79 Å². The van der Waals surface area contributed by atoms with Crippen LogP contribution >= 0.6 is 0 Å². The minimum absolute atomic E-state index is 0.103. The van der Waals surface area contributed by atoms with Crippen LogP contribution in [0.5, 0.6) is 0 Å². The molecule has 4 rings (SSSR count). The minimum atomic E-state index is -0.902. The molecule has 1 N–H and O–H groups in total. The lowest BCUT2D eigenvalue weighted by atomic mass is 9.50. The molecule has 2 heteroatoms.